The molecule has 1 saturated carbocycles. The van der Waals surface area contributed by atoms with Crippen molar-refractivity contribution in [2.24, 2.45) is 7.05 Å². The molecule has 1 fully saturated rings. The summed E-state index contributed by atoms with van der Waals surface area (Å²) < 4.78 is 7.36. The third-order valence-corrected chi connectivity index (χ3v) is 3.85. The average molecular weight is 223 g/mol. The largest absolute Gasteiger partial charge is 0.493 e. The van der Waals surface area contributed by atoms with Crippen LogP contribution >= 0.6 is 0 Å². The van der Waals surface area contributed by atoms with Gasteiger partial charge < -0.3 is 10.1 Å². The molecule has 0 aliphatic heterocycles. The number of methoxy groups -OCH3 is 1. The first-order valence-electron chi connectivity index (χ1n) is 5.84. The summed E-state index contributed by atoms with van der Waals surface area (Å²) in [6.45, 7) is 2.31. The molecule has 1 heterocycles. The van der Waals surface area contributed by atoms with Crippen molar-refractivity contribution in [3.05, 3.63) is 11.9 Å². The zero-order valence-electron chi connectivity index (χ0n) is 10.6. The van der Waals surface area contributed by atoms with E-state index >= 15 is 0 Å². The van der Waals surface area contributed by atoms with Crippen LogP contribution in [0, 0.1) is 0 Å². The van der Waals surface area contributed by atoms with E-state index in [9.17, 15) is 0 Å². The minimum Gasteiger partial charge on any atom is -0.493 e. The molecule has 4 heteroatoms. The van der Waals surface area contributed by atoms with Crippen LogP contribution in [0.15, 0.2) is 6.20 Å². The molecule has 90 valence electrons. The number of nitrogens with one attached hydrogen (secondary N) is 1. The van der Waals surface area contributed by atoms with Crippen LogP contribution in [-0.4, -0.2) is 30.0 Å². The lowest BCUT2D eigenvalue weighted by Gasteiger charge is -2.25. The van der Waals surface area contributed by atoms with Gasteiger partial charge in [0, 0.05) is 18.5 Å². The Morgan fingerprint density at radius 3 is 2.94 bits per heavy atom. The van der Waals surface area contributed by atoms with Crippen LogP contribution < -0.4 is 10.1 Å². The quantitative estimate of drug-likeness (QED) is 0.843. The van der Waals surface area contributed by atoms with E-state index < -0.39 is 0 Å². The number of hydrogen-bond acceptors (Lipinski definition) is 3. The summed E-state index contributed by atoms with van der Waals surface area (Å²) in [5, 5.41) is 7.67. The molecule has 1 aliphatic rings. The highest BCUT2D eigenvalue weighted by atomic mass is 16.5. The van der Waals surface area contributed by atoms with Crippen molar-refractivity contribution in [3.8, 4) is 5.75 Å². The Morgan fingerprint density at radius 2 is 2.38 bits per heavy atom. The second-order valence-electron chi connectivity index (χ2n) is 4.97. The van der Waals surface area contributed by atoms with E-state index in [0.717, 1.165) is 12.2 Å². The van der Waals surface area contributed by atoms with Gasteiger partial charge in [0.15, 0.2) is 5.75 Å². The minimum absolute atomic E-state index is 0.185. The van der Waals surface area contributed by atoms with Crippen molar-refractivity contribution < 1.29 is 4.74 Å². The molecule has 0 saturated heterocycles. The fraction of sp³-hybridized carbons (Fsp3) is 0.750. The second kappa shape index (κ2) is 4.09. The van der Waals surface area contributed by atoms with E-state index in [0.29, 0.717) is 6.04 Å². The lowest BCUT2D eigenvalue weighted by Crippen LogP contribution is -2.27. The van der Waals surface area contributed by atoms with Gasteiger partial charge in [-0.3, -0.25) is 4.68 Å². The normalized spacial score (nSPS) is 29.6. The number of rotatable bonds is 3. The first kappa shape index (κ1) is 11.5. The highest BCUT2D eigenvalue weighted by molar-refractivity contribution is 5.33. The van der Waals surface area contributed by atoms with Crippen LogP contribution in [0.3, 0.4) is 0 Å². The molecule has 0 amide bonds. The summed E-state index contributed by atoms with van der Waals surface area (Å²) >= 11 is 0. The zero-order valence-corrected chi connectivity index (χ0v) is 10.6. The fourth-order valence-electron chi connectivity index (χ4n) is 2.96. The Bertz CT molecular complexity index is 374. The van der Waals surface area contributed by atoms with E-state index in [1.165, 1.54) is 18.5 Å². The first-order chi connectivity index (χ1) is 7.60. The summed E-state index contributed by atoms with van der Waals surface area (Å²) in [5.74, 6) is 0.918. The van der Waals surface area contributed by atoms with Gasteiger partial charge in [0.05, 0.1) is 19.0 Å². The molecule has 0 radical (unpaired) electrons. The summed E-state index contributed by atoms with van der Waals surface area (Å²) in [5.41, 5.74) is 1.41. The maximum Gasteiger partial charge on any atom is 0.160 e. The molecule has 0 bridgehead atoms. The van der Waals surface area contributed by atoms with Crippen LogP contribution in [0.1, 0.15) is 31.9 Å². The van der Waals surface area contributed by atoms with E-state index in [1.807, 2.05) is 25.0 Å². The number of nitrogens with zero attached hydrogens (tertiary/aromatic N) is 2. The molecular formula is C12H21N3O. The van der Waals surface area contributed by atoms with E-state index in [-0.39, 0.29) is 5.41 Å². The molecule has 1 aliphatic carbocycles. The number of aromatic nitrogens is 2. The Hall–Kier alpha value is -1.03. The predicted molar refractivity (Wildman–Crippen MR) is 63.8 cm³/mol. The second-order valence-corrected chi connectivity index (χ2v) is 4.97. The van der Waals surface area contributed by atoms with Crippen molar-refractivity contribution in [1.82, 2.24) is 15.1 Å². The van der Waals surface area contributed by atoms with Crippen molar-refractivity contribution >= 4 is 0 Å². The molecule has 2 rings (SSSR count). The van der Waals surface area contributed by atoms with Gasteiger partial charge in [0.25, 0.3) is 0 Å². The lowest BCUT2D eigenvalue weighted by molar-refractivity contribution is 0.371. The SMILES string of the molecule is CNC1CCC(C)(c2c(OC)cnn2C)C1. The molecule has 1 aromatic rings. The van der Waals surface area contributed by atoms with Crippen molar-refractivity contribution in [2.75, 3.05) is 14.2 Å². The highest BCUT2D eigenvalue weighted by Gasteiger charge is 2.40. The number of aryl methyl sites for hydroxylation is 1. The molecule has 2 unspecified atom stereocenters. The van der Waals surface area contributed by atoms with Crippen LogP contribution in [0.5, 0.6) is 5.75 Å². The molecule has 2 atom stereocenters. The van der Waals surface area contributed by atoms with Crippen LogP contribution in [0.4, 0.5) is 0 Å². The first-order valence-corrected chi connectivity index (χ1v) is 5.84. The molecule has 0 aromatic carbocycles. The van der Waals surface area contributed by atoms with E-state index in [4.69, 9.17) is 4.74 Å². The third kappa shape index (κ3) is 1.71. The standard InChI is InChI=1S/C12H21N3O/c1-12(6-5-9(7-12)13-2)11-10(16-4)8-14-15(11)3/h8-9,13H,5-7H2,1-4H3. The fourth-order valence-corrected chi connectivity index (χ4v) is 2.96. The van der Waals surface area contributed by atoms with Crippen molar-refractivity contribution in [1.29, 1.82) is 0 Å². The van der Waals surface area contributed by atoms with Gasteiger partial charge in [-0.05, 0) is 26.3 Å². The summed E-state index contributed by atoms with van der Waals surface area (Å²) in [6.07, 6.45) is 5.38. The van der Waals surface area contributed by atoms with E-state index in [1.54, 1.807) is 7.11 Å². The zero-order chi connectivity index (χ0) is 11.8. The molecule has 1 aromatic heterocycles. The Kier molecular flexibility index (Phi) is 2.93. The minimum atomic E-state index is 0.185. The van der Waals surface area contributed by atoms with Crippen LogP contribution in [-0.2, 0) is 12.5 Å². The third-order valence-electron chi connectivity index (χ3n) is 3.85. The number of hydrogen-bond donors (Lipinski definition) is 1. The van der Waals surface area contributed by atoms with Gasteiger partial charge >= 0.3 is 0 Å². The summed E-state index contributed by atoms with van der Waals surface area (Å²) in [4.78, 5) is 0. The van der Waals surface area contributed by atoms with Gasteiger partial charge in [-0.2, -0.15) is 5.10 Å². The molecule has 4 nitrogen and oxygen atoms in total. The Balaban J connectivity index is 2.32. The highest BCUT2D eigenvalue weighted by Crippen LogP contribution is 2.43. The average Bonchev–Trinajstić information content (AvgIpc) is 2.82. The van der Waals surface area contributed by atoms with Gasteiger partial charge in [0.1, 0.15) is 0 Å². The van der Waals surface area contributed by atoms with Crippen molar-refractivity contribution in [2.45, 2.75) is 37.6 Å². The molecule has 0 spiro atoms. The predicted octanol–water partition coefficient (Wildman–Crippen LogP) is 1.46. The van der Waals surface area contributed by atoms with Gasteiger partial charge in [-0.15, -0.1) is 0 Å². The Morgan fingerprint density at radius 1 is 1.62 bits per heavy atom. The Labute approximate surface area is 97.0 Å². The molecular weight excluding hydrogens is 202 g/mol. The summed E-state index contributed by atoms with van der Waals surface area (Å²) in [6, 6.07) is 0.615. The molecule has 16 heavy (non-hydrogen) atoms. The smallest absolute Gasteiger partial charge is 0.160 e. The maximum absolute atomic E-state index is 5.41. The van der Waals surface area contributed by atoms with Gasteiger partial charge in [-0.25, -0.2) is 0 Å². The summed E-state index contributed by atoms with van der Waals surface area (Å²) in [7, 11) is 5.75. The van der Waals surface area contributed by atoms with Crippen LogP contribution in [0.2, 0.25) is 0 Å². The maximum atomic E-state index is 5.41. The lowest BCUT2D eigenvalue weighted by atomic mass is 9.84. The van der Waals surface area contributed by atoms with Gasteiger partial charge in [0.2, 0.25) is 0 Å². The van der Waals surface area contributed by atoms with E-state index in [2.05, 4.69) is 17.3 Å². The van der Waals surface area contributed by atoms with Crippen molar-refractivity contribution in [3.63, 3.8) is 0 Å². The van der Waals surface area contributed by atoms with Gasteiger partial charge in [-0.1, -0.05) is 6.92 Å². The van der Waals surface area contributed by atoms with Crippen LogP contribution in [0.25, 0.3) is 0 Å². The topological polar surface area (TPSA) is 39.1 Å². The number of ether oxygens (including phenoxy) is 1. The monoisotopic (exact) mass is 223 g/mol. The molecule has 1 N–H and O–H groups in total.